The third-order valence-electron chi connectivity index (χ3n) is 3.19. The molecule has 0 aromatic heterocycles. The number of nitriles is 1. The van der Waals surface area contributed by atoms with Crippen molar-refractivity contribution in [1.29, 1.82) is 5.26 Å². The molecule has 0 amide bonds. The van der Waals surface area contributed by atoms with Crippen LogP contribution in [0.4, 0.5) is 5.69 Å². The summed E-state index contributed by atoms with van der Waals surface area (Å²) in [5, 5.41) is 8.92. The highest BCUT2D eigenvalue weighted by Crippen LogP contribution is 2.24. The molecule has 21 heavy (non-hydrogen) atoms. The van der Waals surface area contributed by atoms with E-state index in [-0.39, 0.29) is 5.41 Å². The fourth-order valence-electron chi connectivity index (χ4n) is 1.83. The van der Waals surface area contributed by atoms with Gasteiger partial charge in [0.25, 0.3) is 0 Å². The smallest absolute Gasteiger partial charge is 0.337 e. The van der Waals surface area contributed by atoms with Gasteiger partial charge in [0.05, 0.1) is 36.5 Å². The van der Waals surface area contributed by atoms with Crippen molar-refractivity contribution in [2.45, 2.75) is 33.1 Å². The number of anilines is 1. The Morgan fingerprint density at radius 1 is 1.38 bits per heavy atom. The van der Waals surface area contributed by atoms with Crippen LogP contribution in [-0.2, 0) is 4.74 Å². The minimum Gasteiger partial charge on any atom is -0.491 e. The van der Waals surface area contributed by atoms with E-state index in [0.717, 1.165) is 19.3 Å². The average Bonchev–Trinajstić information content (AvgIpc) is 2.47. The van der Waals surface area contributed by atoms with Crippen molar-refractivity contribution in [1.82, 2.24) is 0 Å². The Labute approximate surface area is 125 Å². The zero-order valence-corrected chi connectivity index (χ0v) is 12.8. The Kier molecular flexibility index (Phi) is 6.04. The second-order valence-electron chi connectivity index (χ2n) is 5.55. The number of unbranched alkanes of at least 4 members (excludes halogenated alkanes) is 1. The summed E-state index contributed by atoms with van der Waals surface area (Å²) in [6.07, 6.45) is 2.60. The van der Waals surface area contributed by atoms with Gasteiger partial charge in [0.2, 0.25) is 0 Å². The van der Waals surface area contributed by atoms with E-state index in [1.54, 1.807) is 18.2 Å². The van der Waals surface area contributed by atoms with Crippen LogP contribution in [0.25, 0.3) is 0 Å². The number of hydrogen-bond acceptors (Lipinski definition) is 5. The molecule has 0 saturated carbocycles. The summed E-state index contributed by atoms with van der Waals surface area (Å²) in [7, 11) is 1.33. The quantitative estimate of drug-likeness (QED) is 0.473. The predicted molar refractivity (Wildman–Crippen MR) is 80.9 cm³/mol. The van der Waals surface area contributed by atoms with Gasteiger partial charge < -0.3 is 15.2 Å². The summed E-state index contributed by atoms with van der Waals surface area (Å²) in [4.78, 5) is 11.4. The lowest BCUT2D eigenvalue weighted by atomic mass is 9.89. The van der Waals surface area contributed by atoms with E-state index in [0.29, 0.717) is 23.6 Å². The van der Waals surface area contributed by atoms with Crippen LogP contribution in [-0.4, -0.2) is 19.7 Å². The fraction of sp³-hybridized carbons (Fsp3) is 0.500. The lowest BCUT2D eigenvalue weighted by Crippen LogP contribution is -2.09. The van der Waals surface area contributed by atoms with E-state index in [1.807, 2.05) is 13.8 Å². The zero-order valence-electron chi connectivity index (χ0n) is 12.8. The van der Waals surface area contributed by atoms with Gasteiger partial charge in [-0.05, 0) is 51.3 Å². The Morgan fingerprint density at radius 3 is 2.67 bits per heavy atom. The van der Waals surface area contributed by atoms with E-state index < -0.39 is 5.97 Å². The van der Waals surface area contributed by atoms with Gasteiger partial charge in [-0.2, -0.15) is 5.26 Å². The molecule has 0 bridgehead atoms. The third-order valence-corrected chi connectivity index (χ3v) is 3.19. The molecule has 1 rings (SSSR count). The number of ether oxygens (including phenoxy) is 2. The second kappa shape index (κ2) is 7.53. The van der Waals surface area contributed by atoms with Gasteiger partial charge in [-0.25, -0.2) is 4.79 Å². The zero-order chi connectivity index (χ0) is 15.9. The molecular formula is C16H22N2O3. The third kappa shape index (κ3) is 5.35. The molecule has 5 heteroatoms. The van der Waals surface area contributed by atoms with E-state index in [9.17, 15) is 4.79 Å². The van der Waals surface area contributed by atoms with Crippen LogP contribution < -0.4 is 10.5 Å². The maximum atomic E-state index is 11.4. The molecule has 0 radical (unpaired) electrons. The molecule has 114 valence electrons. The van der Waals surface area contributed by atoms with Crippen LogP contribution in [0.3, 0.4) is 0 Å². The summed E-state index contributed by atoms with van der Waals surface area (Å²) in [5.74, 6) is 0.134. The molecule has 0 saturated heterocycles. The highest BCUT2D eigenvalue weighted by molar-refractivity contribution is 5.90. The highest BCUT2D eigenvalue weighted by atomic mass is 16.5. The van der Waals surface area contributed by atoms with Gasteiger partial charge in [0, 0.05) is 0 Å². The number of nitrogen functional groups attached to an aromatic ring is 1. The monoisotopic (exact) mass is 290 g/mol. The first-order valence-corrected chi connectivity index (χ1v) is 6.91. The summed E-state index contributed by atoms with van der Waals surface area (Å²) >= 11 is 0. The van der Waals surface area contributed by atoms with Gasteiger partial charge >= 0.3 is 5.97 Å². The minimum atomic E-state index is -0.424. The van der Waals surface area contributed by atoms with Gasteiger partial charge in [0.1, 0.15) is 5.75 Å². The minimum absolute atomic E-state index is 0.290. The molecule has 0 fully saturated rings. The topological polar surface area (TPSA) is 85.3 Å². The Balaban J connectivity index is 2.43. The molecule has 1 aromatic carbocycles. The summed E-state index contributed by atoms with van der Waals surface area (Å²) in [5.41, 5.74) is 6.37. The average molecular weight is 290 g/mol. The van der Waals surface area contributed by atoms with Gasteiger partial charge in [0.15, 0.2) is 0 Å². The van der Waals surface area contributed by atoms with Crippen molar-refractivity contribution >= 4 is 11.7 Å². The molecular weight excluding hydrogens is 268 g/mol. The number of nitrogens with two attached hydrogens (primary N) is 1. The summed E-state index contributed by atoms with van der Waals surface area (Å²) in [6.45, 7) is 4.39. The molecule has 0 heterocycles. The van der Waals surface area contributed by atoms with Crippen LogP contribution in [0.1, 0.15) is 43.5 Å². The fourth-order valence-corrected chi connectivity index (χ4v) is 1.83. The molecule has 0 spiro atoms. The number of nitrogens with zero attached hydrogens (tertiary/aromatic N) is 1. The van der Waals surface area contributed by atoms with Crippen LogP contribution in [0.5, 0.6) is 5.75 Å². The maximum absolute atomic E-state index is 11.4. The second-order valence-corrected chi connectivity index (χ2v) is 5.55. The van der Waals surface area contributed by atoms with Crippen molar-refractivity contribution in [3.63, 3.8) is 0 Å². The molecule has 1 aromatic rings. The first kappa shape index (κ1) is 16.8. The first-order valence-electron chi connectivity index (χ1n) is 6.91. The largest absolute Gasteiger partial charge is 0.491 e. The van der Waals surface area contributed by atoms with Crippen molar-refractivity contribution in [2.24, 2.45) is 5.41 Å². The van der Waals surface area contributed by atoms with Crippen molar-refractivity contribution in [3.8, 4) is 11.8 Å². The number of methoxy groups -OCH3 is 1. The Morgan fingerprint density at radius 2 is 2.10 bits per heavy atom. The molecule has 2 N–H and O–H groups in total. The van der Waals surface area contributed by atoms with E-state index in [2.05, 4.69) is 10.8 Å². The van der Waals surface area contributed by atoms with Crippen molar-refractivity contribution in [3.05, 3.63) is 23.8 Å². The number of carbonyl (C=O) groups is 1. The summed E-state index contributed by atoms with van der Waals surface area (Å²) in [6, 6.07) is 7.11. The Bertz CT molecular complexity index is 533. The number of esters is 1. The maximum Gasteiger partial charge on any atom is 0.337 e. The van der Waals surface area contributed by atoms with Crippen LogP contribution >= 0.6 is 0 Å². The first-order chi connectivity index (χ1) is 9.89. The van der Waals surface area contributed by atoms with E-state index in [1.165, 1.54) is 7.11 Å². The number of hydrogen-bond donors (Lipinski definition) is 1. The van der Waals surface area contributed by atoms with Gasteiger partial charge in [-0.3, -0.25) is 0 Å². The van der Waals surface area contributed by atoms with Crippen molar-refractivity contribution < 1.29 is 14.3 Å². The van der Waals surface area contributed by atoms with Crippen LogP contribution in [0, 0.1) is 16.7 Å². The SMILES string of the molecule is COC(=O)c1ccc(OCCCCC(C)(C)C#N)c(N)c1. The van der Waals surface area contributed by atoms with Gasteiger partial charge in [-0.1, -0.05) is 0 Å². The van der Waals surface area contributed by atoms with Gasteiger partial charge in [-0.15, -0.1) is 0 Å². The van der Waals surface area contributed by atoms with Crippen molar-refractivity contribution in [2.75, 3.05) is 19.5 Å². The molecule has 0 unspecified atom stereocenters. The standard InChI is InChI=1S/C16H22N2O3/c1-16(2,11-17)8-4-5-9-21-14-7-6-12(10-13(14)18)15(19)20-3/h6-7,10H,4-5,8-9,18H2,1-3H3. The highest BCUT2D eigenvalue weighted by Gasteiger charge is 2.15. The lowest BCUT2D eigenvalue weighted by molar-refractivity contribution is 0.0601. The normalized spacial score (nSPS) is 10.8. The molecule has 0 atom stereocenters. The van der Waals surface area contributed by atoms with E-state index >= 15 is 0 Å². The van der Waals surface area contributed by atoms with E-state index in [4.69, 9.17) is 15.7 Å². The molecule has 5 nitrogen and oxygen atoms in total. The molecule has 0 aliphatic carbocycles. The predicted octanol–water partition coefficient (Wildman–Crippen LogP) is 3.15. The number of carbonyl (C=O) groups excluding carboxylic acids is 1. The Hall–Kier alpha value is -2.22. The number of benzene rings is 1. The number of rotatable bonds is 7. The summed E-state index contributed by atoms with van der Waals surface area (Å²) < 4.78 is 10.2. The molecule has 0 aliphatic heterocycles. The van der Waals surface area contributed by atoms with Crippen LogP contribution in [0.2, 0.25) is 0 Å². The van der Waals surface area contributed by atoms with Crippen LogP contribution in [0.15, 0.2) is 18.2 Å². The molecule has 0 aliphatic rings. The lowest BCUT2D eigenvalue weighted by Gasteiger charge is -2.15.